The number of hydrogen-bond acceptors (Lipinski definition) is 4. The van der Waals surface area contributed by atoms with Gasteiger partial charge in [-0.1, -0.05) is 12.1 Å². The lowest BCUT2D eigenvalue weighted by Gasteiger charge is -2.33. The second kappa shape index (κ2) is 6.51. The third-order valence-electron chi connectivity index (χ3n) is 4.38. The smallest absolute Gasteiger partial charge is 0.267 e. The van der Waals surface area contributed by atoms with Crippen LogP contribution in [0, 0.1) is 0 Å². The number of amides is 3. The van der Waals surface area contributed by atoms with E-state index >= 15 is 0 Å². The number of rotatable bonds is 4. The fourth-order valence-corrected chi connectivity index (χ4v) is 3.00. The van der Waals surface area contributed by atoms with Crippen molar-refractivity contribution in [3.05, 3.63) is 24.3 Å². The van der Waals surface area contributed by atoms with E-state index in [9.17, 15) is 14.4 Å². The number of benzene rings is 1. The number of carbonyl (C=O) groups excluding carboxylic acids is 3. The van der Waals surface area contributed by atoms with Crippen LogP contribution < -0.4 is 9.64 Å². The number of anilines is 1. The summed E-state index contributed by atoms with van der Waals surface area (Å²) < 4.78 is 5.59. The summed E-state index contributed by atoms with van der Waals surface area (Å²) in [6, 6.07) is 7.30. The zero-order valence-electron chi connectivity index (χ0n) is 13.9. The Kier molecular flexibility index (Phi) is 4.42. The monoisotopic (exact) mass is 331 g/mol. The molecule has 0 saturated carbocycles. The van der Waals surface area contributed by atoms with Gasteiger partial charge in [-0.05, 0) is 26.0 Å². The lowest BCUT2D eigenvalue weighted by molar-refractivity contribution is -0.132. The van der Waals surface area contributed by atoms with Gasteiger partial charge in [-0.3, -0.25) is 14.4 Å². The van der Waals surface area contributed by atoms with Crippen molar-refractivity contribution in [1.29, 1.82) is 0 Å². The van der Waals surface area contributed by atoms with Gasteiger partial charge in [-0.15, -0.1) is 0 Å². The second-order valence-corrected chi connectivity index (χ2v) is 5.95. The summed E-state index contributed by atoms with van der Waals surface area (Å²) in [5, 5.41) is 0. The Morgan fingerprint density at radius 2 is 2.04 bits per heavy atom. The summed E-state index contributed by atoms with van der Waals surface area (Å²) in [6.45, 7) is 4.91. The summed E-state index contributed by atoms with van der Waals surface area (Å²) in [5.41, 5.74) is 0.682. The fourth-order valence-electron chi connectivity index (χ4n) is 3.00. The van der Waals surface area contributed by atoms with Crippen molar-refractivity contribution >= 4 is 23.4 Å². The van der Waals surface area contributed by atoms with Crippen molar-refractivity contribution < 1.29 is 19.1 Å². The summed E-state index contributed by atoms with van der Waals surface area (Å²) in [4.78, 5) is 41.3. The predicted molar refractivity (Wildman–Crippen MR) is 87.5 cm³/mol. The first kappa shape index (κ1) is 16.3. The molecule has 1 fully saturated rings. The molecule has 3 amide bonds. The van der Waals surface area contributed by atoms with Crippen LogP contribution in [0.2, 0.25) is 0 Å². The molecule has 7 heteroatoms. The number of likely N-dealkylation sites (N-methyl/N-ethyl adjacent to an activating group) is 1. The van der Waals surface area contributed by atoms with Crippen molar-refractivity contribution in [1.82, 2.24) is 9.80 Å². The molecule has 0 bridgehead atoms. The zero-order valence-corrected chi connectivity index (χ0v) is 13.9. The standard InChI is InChI=1S/C17H21N3O4/c1-3-18-11-19(10-16(18)22)15(21)8-9-20-13-6-4-5-7-14(13)24-12(2)17(20)23/h4-7,12H,3,8-11H2,1-2H3. The molecule has 128 valence electrons. The molecule has 0 spiro atoms. The first-order valence-electron chi connectivity index (χ1n) is 8.14. The molecule has 0 aromatic heterocycles. The lowest BCUT2D eigenvalue weighted by atomic mass is 10.1. The third kappa shape index (κ3) is 2.93. The van der Waals surface area contributed by atoms with Crippen LogP contribution in [0.5, 0.6) is 5.75 Å². The van der Waals surface area contributed by atoms with Gasteiger partial charge >= 0.3 is 0 Å². The van der Waals surface area contributed by atoms with Crippen LogP contribution in [0.15, 0.2) is 24.3 Å². The second-order valence-electron chi connectivity index (χ2n) is 5.95. The normalized spacial score (nSPS) is 20.2. The molecule has 0 radical (unpaired) electrons. The Balaban J connectivity index is 1.67. The van der Waals surface area contributed by atoms with Crippen molar-refractivity contribution in [2.75, 3.05) is 31.2 Å². The minimum absolute atomic E-state index is 0.0349. The van der Waals surface area contributed by atoms with E-state index in [4.69, 9.17) is 4.74 Å². The molecular weight excluding hydrogens is 310 g/mol. The Morgan fingerprint density at radius 3 is 2.75 bits per heavy atom. The average Bonchev–Trinajstić information content (AvgIpc) is 2.96. The average molecular weight is 331 g/mol. The van der Waals surface area contributed by atoms with Crippen LogP contribution in [0.3, 0.4) is 0 Å². The van der Waals surface area contributed by atoms with Crippen LogP contribution in [0.1, 0.15) is 20.3 Å². The maximum absolute atomic E-state index is 12.4. The van der Waals surface area contributed by atoms with Crippen LogP contribution in [-0.4, -0.2) is 59.9 Å². The van der Waals surface area contributed by atoms with Crippen LogP contribution >= 0.6 is 0 Å². The molecule has 1 saturated heterocycles. The Bertz CT molecular complexity index is 676. The number of ether oxygens (including phenoxy) is 1. The minimum Gasteiger partial charge on any atom is -0.479 e. The lowest BCUT2D eigenvalue weighted by Crippen LogP contribution is -2.46. The fraction of sp³-hybridized carbons (Fsp3) is 0.471. The van der Waals surface area contributed by atoms with Gasteiger partial charge in [-0.2, -0.15) is 0 Å². The predicted octanol–water partition coefficient (Wildman–Crippen LogP) is 0.839. The number of para-hydroxylation sites is 2. The van der Waals surface area contributed by atoms with E-state index in [1.54, 1.807) is 16.7 Å². The molecule has 3 rings (SSSR count). The molecule has 0 N–H and O–H groups in total. The van der Waals surface area contributed by atoms with Crippen LogP contribution in [0.4, 0.5) is 5.69 Å². The van der Waals surface area contributed by atoms with Crippen LogP contribution in [-0.2, 0) is 14.4 Å². The van der Waals surface area contributed by atoms with Crippen molar-refractivity contribution in [2.45, 2.75) is 26.4 Å². The summed E-state index contributed by atoms with van der Waals surface area (Å²) >= 11 is 0. The molecule has 7 nitrogen and oxygen atoms in total. The van der Waals surface area contributed by atoms with Crippen molar-refractivity contribution in [3.8, 4) is 5.75 Å². The van der Waals surface area contributed by atoms with Gasteiger partial charge in [0.1, 0.15) is 12.3 Å². The van der Waals surface area contributed by atoms with Gasteiger partial charge in [-0.25, -0.2) is 0 Å². The first-order valence-corrected chi connectivity index (χ1v) is 8.14. The van der Waals surface area contributed by atoms with Gasteiger partial charge in [0.25, 0.3) is 5.91 Å². The molecule has 2 aliphatic rings. The van der Waals surface area contributed by atoms with Crippen molar-refractivity contribution in [2.24, 2.45) is 0 Å². The third-order valence-corrected chi connectivity index (χ3v) is 4.38. The number of nitrogens with zero attached hydrogens (tertiary/aromatic N) is 3. The Hall–Kier alpha value is -2.57. The van der Waals surface area contributed by atoms with E-state index in [0.29, 0.717) is 24.7 Å². The van der Waals surface area contributed by atoms with E-state index in [1.807, 2.05) is 31.2 Å². The number of hydrogen-bond donors (Lipinski definition) is 0. The molecule has 2 heterocycles. The SMILES string of the molecule is CCN1CN(C(=O)CCN2C(=O)C(C)Oc3ccccc32)CC1=O. The Labute approximate surface area is 140 Å². The van der Waals surface area contributed by atoms with E-state index in [-0.39, 0.29) is 37.2 Å². The first-order chi connectivity index (χ1) is 11.5. The summed E-state index contributed by atoms with van der Waals surface area (Å²) in [6.07, 6.45) is -0.392. The number of carbonyl (C=O) groups is 3. The summed E-state index contributed by atoms with van der Waals surface area (Å²) in [7, 11) is 0. The van der Waals surface area contributed by atoms with Gasteiger partial charge in [0.2, 0.25) is 11.8 Å². The highest BCUT2D eigenvalue weighted by atomic mass is 16.5. The molecule has 2 aliphatic heterocycles. The Morgan fingerprint density at radius 1 is 1.29 bits per heavy atom. The van der Waals surface area contributed by atoms with E-state index in [0.717, 1.165) is 0 Å². The highest BCUT2D eigenvalue weighted by Gasteiger charge is 2.33. The van der Waals surface area contributed by atoms with Crippen LogP contribution in [0.25, 0.3) is 0 Å². The molecule has 1 atom stereocenters. The highest BCUT2D eigenvalue weighted by molar-refractivity contribution is 6.00. The quantitative estimate of drug-likeness (QED) is 0.820. The van der Waals surface area contributed by atoms with Gasteiger partial charge < -0.3 is 19.4 Å². The van der Waals surface area contributed by atoms with E-state index in [1.165, 1.54) is 4.90 Å². The maximum Gasteiger partial charge on any atom is 0.267 e. The molecule has 0 aliphatic carbocycles. The molecule has 1 aromatic rings. The molecular formula is C17H21N3O4. The van der Waals surface area contributed by atoms with E-state index in [2.05, 4.69) is 0 Å². The van der Waals surface area contributed by atoms with Gasteiger partial charge in [0.05, 0.1) is 12.4 Å². The number of fused-ring (bicyclic) bond motifs is 1. The highest BCUT2D eigenvalue weighted by Crippen LogP contribution is 2.33. The minimum atomic E-state index is -0.570. The largest absolute Gasteiger partial charge is 0.479 e. The van der Waals surface area contributed by atoms with E-state index < -0.39 is 6.10 Å². The van der Waals surface area contributed by atoms with Gasteiger partial charge in [0, 0.05) is 19.5 Å². The zero-order chi connectivity index (χ0) is 17.3. The van der Waals surface area contributed by atoms with Crippen molar-refractivity contribution in [3.63, 3.8) is 0 Å². The molecule has 24 heavy (non-hydrogen) atoms. The molecule has 1 aromatic carbocycles. The molecule has 1 unspecified atom stereocenters. The maximum atomic E-state index is 12.4. The topological polar surface area (TPSA) is 70.2 Å². The van der Waals surface area contributed by atoms with Gasteiger partial charge in [0.15, 0.2) is 6.10 Å². The summed E-state index contributed by atoms with van der Waals surface area (Å²) in [5.74, 6) is 0.329.